The Morgan fingerprint density at radius 3 is 2.04 bits per heavy atom. The van der Waals surface area contributed by atoms with E-state index in [1.54, 1.807) is 0 Å². The number of carbonyl (C=O) groups is 1. The van der Waals surface area contributed by atoms with Gasteiger partial charge in [0.15, 0.2) is 0 Å². The minimum atomic E-state index is 0.269. The monoisotopic (exact) mass is 332 g/mol. The van der Waals surface area contributed by atoms with Crippen molar-refractivity contribution < 1.29 is 4.79 Å². The van der Waals surface area contributed by atoms with Crippen LogP contribution in [0.15, 0.2) is 30.3 Å². The summed E-state index contributed by atoms with van der Waals surface area (Å²) in [6.07, 6.45) is 7.30. The van der Waals surface area contributed by atoms with Gasteiger partial charge in [-0.05, 0) is 36.1 Å². The summed E-state index contributed by atoms with van der Waals surface area (Å²) in [5.74, 6) is 0.269. The summed E-state index contributed by atoms with van der Waals surface area (Å²) < 4.78 is 0. The Morgan fingerprint density at radius 1 is 1.04 bits per heavy atom. The van der Waals surface area contributed by atoms with E-state index in [-0.39, 0.29) is 5.91 Å². The molecule has 2 rings (SSSR count). The lowest BCUT2D eigenvalue weighted by molar-refractivity contribution is -0.130. The van der Waals surface area contributed by atoms with E-state index < -0.39 is 0 Å². The van der Waals surface area contributed by atoms with Crippen LogP contribution in [-0.4, -0.2) is 23.9 Å². The second-order valence-electron chi connectivity index (χ2n) is 5.69. The number of hydrogen-bond acceptors (Lipinski definition) is 2. The fourth-order valence-electron chi connectivity index (χ4n) is 2.23. The number of carbonyl (C=O) groups excluding carboxylic acids is 1. The number of hydrogen-bond donors (Lipinski definition) is 1. The maximum absolute atomic E-state index is 11.8. The summed E-state index contributed by atoms with van der Waals surface area (Å²) in [6.45, 7) is 12.0. The van der Waals surface area contributed by atoms with E-state index >= 15 is 0 Å². The molecule has 0 bridgehead atoms. The van der Waals surface area contributed by atoms with E-state index in [9.17, 15) is 4.79 Å². The third kappa shape index (κ3) is 8.19. The molecule has 136 valence electrons. The molecule has 1 aromatic carbocycles. The average Bonchev–Trinajstić information content (AvgIpc) is 2.64. The molecule has 3 nitrogen and oxygen atoms in total. The summed E-state index contributed by atoms with van der Waals surface area (Å²) >= 11 is 0. The van der Waals surface area contributed by atoms with Crippen molar-refractivity contribution >= 4 is 17.2 Å². The molecule has 0 saturated carbocycles. The molecular formula is C21H36N2O. The molecule has 2 N–H and O–H groups in total. The van der Waals surface area contributed by atoms with Crippen molar-refractivity contribution in [3.63, 3.8) is 0 Å². The van der Waals surface area contributed by atoms with Crippen molar-refractivity contribution in [2.45, 2.75) is 66.7 Å². The van der Waals surface area contributed by atoms with Crippen LogP contribution in [0.25, 0.3) is 5.57 Å². The topological polar surface area (TPSA) is 46.3 Å². The fourth-order valence-corrected chi connectivity index (χ4v) is 2.23. The van der Waals surface area contributed by atoms with Gasteiger partial charge in [0.1, 0.15) is 0 Å². The van der Waals surface area contributed by atoms with Crippen LogP contribution in [-0.2, 0) is 4.79 Å². The average molecular weight is 333 g/mol. The molecule has 0 aliphatic carbocycles. The smallest absolute Gasteiger partial charge is 0.222 e. The number of anilines is 1. The van der Waals surface area contributed by atoms with Gasteiger partial charge in [0.2, 0.25) is 5.91 Å². The van der Waals surface area contributed by atoms with Crippen LogP contribution in [0.3, 0.4) is 0 Å². The molecule has 24 heavy (non-hydrogen) atoms. The van der Waals surface area contributed by atoms with Gasteiger partial charge in [0.25, 0.3) is 0 Å². The van der Waals surface area contributed by atoms with Crippen LogP contribution < -0.4 is 5.73 Å². The molecule has 1 aromatic rings. The summed E-state index contributed by atoms with van der Waals surface area (Å²) in [6, 6.07) is 7.94. The van der Waals surface area contributed by atoms with Crippen LogP contribution in [0.1, 0.15) is 72.3 Å². The molecule has 1 heterocycles. The van der Waals surface area contributed by atoms with Gasteiger partial charge >= 0.3 is 0 Å². The molecule has 0 aromatic heterocycles. The first-order chi connectivity index (χ1) is 11.6. The van der Waals surface area contributed by atoms with Gasteiger partial charge in [-0.25, -0.2) is 0 Å². The second-order valence-corrected chi connectivity index (χ2v) is 5.69. The van der Waals surface area contributed by atoms with Gasteiger partial charge in [0.05, 0.1) is 0 Å². The number of rotatable bonds is 4. The first-order valence-corrected chi connectivity index (χ1v) is 9.45. The standard InChI is InChI=1S/C15H20N2O.C4H10.C2H6/c1-2-3-15(18)17-10-8-13(9-11-17)12-4-6-14(16)7-5-12;1-3-4-2;1-2/h4-8H,2-3,9-11,16H2,1H3;3-4H2,1-2H3;1-2H3. The van der Waals surface area contributed by atoms with Crippen molar-refractivity contribution in [3.05, 3.63) is 35.9 Å². The van der Waals surface area contributed by atoms with Crippen molar-refractivity contribution in [2.24, 2.45) is 0 Å². The second kappa shape index (κ2) is 13.6. The summed E-state index contributed by atoms with van der Waals surface area (Å²) in [5.41, 5.74) is 9.00. The lowest BCUT2D eigenvalue weighted by atomic mass is 9.99. The third-order valence-corrected chi connectivity index (χ3v) is 3.81. The van der Waals surface area contributed by atoms with Crippen LogP contribution in [0.5, 0.6) is 0 Å². The minimum Gasteiger partial charge on any atom is -0.399 e. The molecule has 0 atom stereocenters. The number of benzene rings is 1. The highest BCUT2D eigenvalue weighted by Gasteiger charge is 2.16. The molecule has 1 amide bonds. The van der Waals surface area contributed by atoms with Gasteiger partial charge in [-0.15, -0.1) is 0 Å². The normalized spacial score (nSPS) is 13.0. The zero-order valence-corrected chi connectivity index (χ0v) is 16.3. The number of nitrogen functional groups attached to an aromatic ring is 1. The van der Waals surface area contributed by atoms with Crippen molar-refractivity contribution in [3.8, 4) is 0 Å². The number of nitrogens with two attached hydrogens (primary N) is 1. The Hall–Kier alpha value is -1.77. The molecular weight excluding hydrogens is 296 g/mol. The predicted octanol–water partition coefficient (Wildman–Crippen LogP) is 5.52. The maximum Gasteiger partial charge on any atom is 0.222 e. The summed E-state index contributed by atoms with van der Waals surface area (Å²) in [4.78, 5) is 13.7. The predicted molar refractivity (Wildman–Crippen MR) is 107 cm³/mol. The highest BCUT2D eigenvalue weighted by Crippen LogP contribution is 2.23. The number of unbranched alkanes of at least 4 members (excludes halogenated alkanes) is 1. The van der Waals surface area contributed by atoms with E-state index in [0.717, 1.165) is 31.6 Å². The Balaban J connectivity index is 0.000000773. The van der Waals surface area contributed by atoms with E-state index in [1.165, 1.54) is 24.0 Å². The van der Waals surface area contributed by atoms with Crippen LogP contribution in [0.2, 0.25) is 0 Å². The minimum absolute atomic E-state index is 0.269. The van der Waals surface area contributed by atoms with E-state index in [1.807, 2.05) is 49.9 Å². The highest BCUT2D eigenvalue weighted by molar-refractivity contribution is 5.78. The molecule has 0 spiro atoms. The SMILES string of the molecule is CC.CCCC.CCCC(=O)N1CC=C(c2ccc(N)cc2)CC1. The number of nitrogens with zero attached hydrogens (tertiary/aromatic N) is 1. The Labute approximate surface area is 148 Å². The van der Waals surface area contributed by atoms with Gasteiger partial charge in [-0.3, -0.25) is 4.79 Å². The third-order valence-electron chi connectivity index (χ3n) is 3.81. The molecule has 3 heteroatoms. The van der Waals surface area contributed by atoms with E-state index in [0.29, 0.717) is 6.42 Å². The van der Waals surface area contributed by atoms with Crippen LogP contribution in [0, 0.1) is 0 Å². The fraction of sp³-hybridized carbons (Fsp3) is 0.571. The molecule has 0 radical (unpaired) electrons. The Bertz CT molecular complexity index is 475. The van der Waals surface area contributed by atoms with E-state index in [4.69, 9.17) is 5.73 Å². The van der Waals surface area contributed by atoms with Gasteiger partial charge < -0.3 is 10.6 Å². The van der Waals surface area contributed by atoms with Gasteiger partial charge in [-0.1, -0.05) is 65.7 Å². The zero-order valence-electron chi connectivity index (χ0n) is 16.3. The Kier molecular flexibility index (Phi) is 12.6. The van der Waals surface area contributed by atoms with Crippen LogP contribution >= 0.6 is 0 Å². The maximum atomic E-state index is 11.8. The molecule has 0 unspecified atom stereocenters. The Morgan fingerprint density at radius 2 is 1.62 bits per heavy atom. The summed E-state index contributed by atoms with van der Waals surface area (Å²) in [5, 5.41) is 0. The van der Waals surface area contributed by atoms with Crippen molar-refractivity contribution in [1.29, 1.82) is 0 Å². The number of amides is 1. The molecule has 0 fully saturated rings. The molecule has 1 aliphatic rings. The van der Waals surface area contributed by atoms with E-state index in [2.05, 4.69) is 19.9 Å². The van der Waals surface area contributed by atoms with Gasteiger partial charge in [-0.2, -0.15) is 0 Å². The quantitative estimate of drug-likeness (QED) is 0.738. The molecule has 0 saturated heterocycles. The van der Waals surface area contributed by atoms with Crippen LogP contribution in [0.4, 0.5) is 5.69 Å². The first kappa shape index (κ1) is 22.2. The lowest BCUT2D eigenvalue weighted by Crippen LogP contribution is -2.34. The van der Waals surface area contributed by atoms with Gasteiger partial charge in [0, 0.05) is 25.2 Å². The first-order valence-electron chi connectivity index (χ1n) is 9.45. The highest BCUT2D eigenvalue weighted by atomic mass is 16.2. The summed E-state index contributed by atoms with van der Waals surface area (Å²) in [7, 11) is 0. The largest absolute Gasteiger partial charge is 0.399 e. The lowest BCUT2D eigenvalue weighted by Gasteiger charge is -2.26. The zero-order chi connectivity index (χ0) is 18.4. The van der Waals surface area contributed by atoms with Crippen molar-refractivity contribution in [2.75, 3.05) is 18.8 Å². The van der Waals surface area contributed by atoms with Crippen molar-refractivity contribution in [1.82, 2.24) is 4.90 Å². The molecule has 1 aliphatic heterocycles.